The maximum atomic E-state index is 5.41. The second-order valence-corrected chi connectivity index (χ2v) is 11.4. The van der Waals surface area contributed by atoms with E-state index in [4.69, 9.17) is 4.44 Å². The van der Waals surface area contributed by atoms with E-state index in [-0.39, 0.29) is 10.8 Å². The van der Waals surface area contributed by atoms with E-state index in [1.807, 2.05) is 36.4 Å². The minimum atomic E-state index is -0.160. The van der Waals surface area contributed by atoms with Crippen LogP contribution in [0.1, 0.15) is 22.6 Å². The monoisotopic (exact) mass is 677 g/mol. The second kappa shape index (κ2) is 13.4. The summed E-state index contributed by atoms with van der Waals surface area (Å²) in [5.41, 5.74) is 9.00. The molecule has 0 radical (unpaired) electrons. The Kier molecular flexibility index (Phi) is 9.05. The predicted molar refractivity (Wildman–Crippen MR) is 191 cm³/mol. The lowest BCUT2D eigenvalue weighted by Crippen LogP contribution is -2.17. The molecule has 206 valence electrons. The first kappa shape index (κ1) is 28.3. The number of nitrogens with one attached hydrogen (secondary N) is 3. The second-order valence-electron chi connectivity index (χ2n) is 10.0. The molecule has 0 amide bonds. The highest BCUT2D eigenvalue weighted by molar-refractivity contribution is 14.1. The molecule has 0 aliphatic carbocycles. The van der Waals surface area contributed by atoms with E-state index in [0.717, 1.165) is 33.8 Å². The lowest BCUT2D eigenvalue weighted by atomic mass is 9.82. The SMILES string of the molecule is POB(I)Nc1ccc(C(c2ccc(Nc3ccccc3)cc2)c2ccc(Nc3ccccc3)cc2)c2ccccc12. The molecular weight excluding hydrogens is 647 g/mol. The van der Waals surface area contributed by atoms with Crippen molar-refractivity contribution in [2.45, 2.75) is 5.92 Å². The van der Waals surface area contributed by atoms with Gasteiger partial charge < -0.3 is 20.3 Å². The third-order valence-corrected chi connectivity index (χ3v) is 8.70. The van der Waals surface area contributed by atoms with Gasteiger partial charge in [-0.1, -0.05) is 113 Å². The van der Waals surface area contributed by atoms with Crippen molar-refractivity contribution in [3.63, 3.8) is 0 Å². The largest absolute Gasteiger partial charge is 0.490 e. The molecule has 6 rings (SSSR count). The van der Waals surface area contributed by atoms with Crippen LogP contribution in [0, 0.1) is 0 Å². The topological polar surface area (TPSA) is 45.3 Å². The highest BCUT2D eigenvalue weighted by Crippen LogP contribution is 2.39. The summed E-state index contributed by atoms with van der Waals surface area (Å²) in [7, 11) is 2.33. The molecule has 3 N–H and O–H groups in total. The minimum absolute atomic E-state index is 0.0360. The van der Waals surface area contributed by atoms with Crippen LogP contribution in [0.4, 0.5) is 28.4 Å². The van der Waals surface area contributed by atoms with Crippen LogP contribution < -0.4 is 15.9 Å². The molecule has 0 aliphatic heterocycles. The standard InChI is InChI=1S/C35H30BIN3OP/c37-36(41-42)40-34-24-23-33(31-13-7-8-14-32(31)34)35(25-15-19-29(20-16-25)38-27-9-3-1-4-10-27)26-17-21-30(22-18-26)39-28-11-5-2-6-12-28/h1-24,35,38-40H,42H2. The Labute approximate surface area is 263 Å². The van der Waals surface area contributed by atoms with Crippen LogP contribution in [0.3, 0.4) is 0 Å². The van der Waals surface area contributed by atoms with Gasteiger partial charge in [0.25, 0.3) is 0 Å². The van der Waals surface area contributed by atoms with Gasteiger partial charge in [-0.05, 0) is 86.1 Å². The third kappa shape index (κ3) is 6.62. The summed E-state index contributed by atoms with van der Waals surface area (Å²) in [6.07, 6.45) is 0. The molecule has 4 nitrogen and oxygen atoms in total. The Morgan fingerprint density at radius 1 is 0.524 bits per heavy atom. The molecule has 0 bridgehead atoms. The maximum absolute atomic E-state index is 5.41. The first-order valence-electron chi connectivity index (χ1n) is 13.8. The van der Waals surface area contributed by atoms with Crippen LogP contribution in [0.5, 0.6) is 0 Å². The number of hydrogen-bond donors (Lipinski definition) is 3. The van der Waals surface area contributed by atoms with Crippen LogP contribution in [0.15, 0.2) is 146 Å². The number of halogens is 1. The molecule has 0 heterocycles. The zero-order chi connectivity index (χ0) is 28.7. The van der Waals surface area contributed by atoms with Crippen molar-refractivity contribution in [1.82, 2.24) is 0 Å². The minimum Gasteiger partial charge on any atom is -0.394 e. The van der Waals surface area contributed by atoms with E-state index < -0.39 is 0 Å². The van der Waals surface area contributed by atoms with Gasteiger partial charge in [-0.2, -0.15) is 0 Å². The van der Waals surface area contributed by atoms with Gasteiger partial charge in [0.15, 0.2) is 0 Å². The lowest BCUT2D eigenvalue weighted by Gasteiger charge is -2.23. The van der Waals surface area contributed by atoms with E-state index in [0.29, 0.717) is 0 Å². The normalized spacial score (nSPS) is 10.9. The van der Waals surface area contributed by atoms with Crippen molar-refractivity contribution in [1.29, 1.82) is 0 Å². The van der Waals surface area contributed by atoms with E-state index in [1.54, 1.807) is 0 Å². The number of fused-ring (bicyclic) bond motifs is 1. The molecule has 0 saturated heterocycles. The van der Waals surface area contributed by atoms with Gasteiger partial charge >= 0.3 is 4.91 Å². The highest BCUT2D eigenvalue weighted by atomic mass is 127. The van der Waals surface area contributed by atoms with Crippen LogP contribution in [-0.4, -0.2) is 4.91 Å². The number of rotatable bonds is 10. The molecule has 6 aromatic carbocycles. The van der Waals surface area contributed by atoms with Gasteiger partial charge in [-0.15, -0.1) is 0 Å². The Balaban J connectivity index is 1.40. The van der Waals surface area contributed by atoms with E-state index in [2.05, 4.69) is 157 Å². The van der Waals surface area contributed by atoms with Gasteiger partial charge in [0.05, 0.1) is 0 Å². The fourth-order valence-electron chi connectivity index (χ4n) is 5.30. The van der Waals surface area contributed by atoms with Crippen LogP contribution in [0.2, 0.25) is 0 Å². The summed E-state index contributed by atoms with van der Waals surface area (Å²) in [6.45, 7) is 0. The van der Waals surface area contributed by atoms with Crippen LogP contribution in [0.25, 0.3) is 10.8 Å². The number of anilines is 5. The van der Waals surface area contributed by atoms with E-state index in [1.165, 1.54) is 22.1 Å². The molecule has 0 aliphatic rings. The first-order valence-corrected chi connectivity index (χ1v) is 15.5. The quantitative estimate of drug-likeness (QED) is 0.0585. The van der Waals surface area contributed by atoms with Gasteiger partial charge in [-0.25, -0.2) is 0 Å². The van der Waals surface area contributed by atoms with Crippen molar-refractivity contribution in [2.75, 3.05) is 15.9 Å². The number of para-hydroxylation sites is 2. The Morgan fingerprint density at radius 2 is 0.976 bits per heavy atom. The first-order chi connectivity index (χ1) is 20.7. The van der Waals surface area contributed by atoms with Crippen molar-refractivity contribution < 1.29 is 4.44 Å². The average molecular weight is 677 g/mol. The zero-order valence-corrected chi connectivity index (χ0v) is 26.2. The Morgan fingerprint density at radius 3 is 1.48 bits per heavy atom. The van der Waals surface area contributed by atoms with Gasteiger partial charge in [-0.3, -0.25) is 0 Å². The molecule has 42 heavy (non-hydrogen) atoms. The lowest BCUT2D eigenvalue weighted by molar-refractivity contribution is 0.701. The van der Waals surface area contributed by atoms with Gasteiger partial charge in [0.2, 0.25) is 0 Å². The van der Waals surface area contributed by atoms with Crippen molar-refractivity contribution in [3.05, 3.63) is 162 Å². The van der Waals surface area contributed by atoms with E-state index >= 15 is 0 Å². The van der Waals surface area contributed by atoms with E-state index in [9.17, 15) is 0 Å². The molecule has 6 aromatic rings. The molecule has 0 spiro atoms. The highest BCUT2D eigenvalue weighted by Gasteiger charge is 2.21. The summed E-state index contributed by atoms with van der Waals surface area (Å²) in [5, 5.41) is 12.9. The number of benzene rings is 6. The predicted octanol–water partition coefficient (Wildman–Crippen LogP) is 10.1. The fraction of sp³-hybridized carbons (Fsp3) is 0.0286. The molecule has 1 atom stereocenters. The molecule has 0 saturated carbocycles. The molecular formula is C35H30BIN3OP. The third-order valence-electron chi connectivity index (χ3n) is 7.27. The average Bonchev–Trinajstić information content (AvgIpc) is 3.04. The van der Waals surface area contributed by atoms with Crippen LogP contribution in [-0.2, 0) is 4.44 Å². The Hall–Kier alpha value is -3.84. The maximum Gasteiger partial charge on any atom is 0.490 e. The van der Waals surface area contributed by atoms with Crippen molar-refractivity contribution >= 4 is 76.0 Å². The van der Waals surface area contributed by atoms with Gasteiger partial charge in [0.1, 0.15) is 0 Å². The Bertz CT molecular complexity index is 1670. The summed E-state index contributed by atoms with van der Waals surface area (Å²) in [6, 6.07) is 51.1. The molecule has 0 fully saturated rings. The van der Waals surface area contributed by atoms with Crippen LogP contribution >= 0.6 is 31.8 Å². The van der Waals surface area contributed by atoms with Crippen molar-refractivity contribution in [2.24, 2.45) is 0 Å². The summed E-state index contributed by atoms with van der Waals surface area (Å²) < 4.78 is 5.41. The molecule has 0 aromatic heterocycles. The smallest absolute Gasteiger partial charge is 0.394 e. The number of hydrogen-bond acceptors (Lipinski definition) is 4. The van der Waals surface area contributed by atoms with Crippen molar-refractivity contribution in [3.8, 4) is 0 Å². The summed E-state index contributed by atoms with van der Waals surface area (Å²) in [4.78, 5) is -0.160. The van der Waals surface area contributed by atoms with Gasteiger partial charge in [0, 0.05) is 39.7 Å². The molecule has 7 heteroatoms. The molecule has 1 unspecified atom stereocenters. The summed E-state index contributed by atoms with van der Waals surface area (Å²) in [5.74, 6) is 0.0360. The summed E-state index contributed by atoms with van der Waals surface area (Å²) >= 11 is 2.24. The zero-order valence-electron chi connectivity index (χ0n) is 22.9. The fourth-order valence-corrected chi connectivity index (χ4v) is 5.71.